The minimum Gasteiger partial charge on any atom is -0.371 e. The molecule has 0 spiro atoms. The number of hydrogen-bond donors (Lipinski definition) is 2. The fourth-order valence-electron chi connectivity index (χ4n) is 1.71. The zero-order chi connectivity index (χ0) is 21.7. The van der Waals surface area contributed by atoms with E-state index in [0.717, 1.165) is 0 Å². The lowest BCUT2D eigenvalue weighted by atomic mass is 10.0. The monoisotopic (exact) mass is 430 g/mol. The maximum absolute atomic E-state index is 12.5. The van der Waals surface area contributed by atoms with Crippen LogP contribution in [0, 0.1) is 0 Å². The van der Waals surface area contributed by atoms with Crippen LogP contribution in [0.1, 0.15) is 0 Å². The van der Waals surface area contributed by atoms with Crippen LogP contribution < -0.4 is 4.57 Å². The Kier molecular flexibility index (Phi) is 5.50. The molecule has 0 unspecified atom stereocenters. The number of aliphatic hydroxyl groups is 2. The lowest BCUT2D eigenvalue weighted by molar-refractivity contribution is -0.723. The molecule has 0 aromatic carbocycles. The molecule has 0 radical (unpaired) electrons. The van der Waals surface area contributed by atoms with Crippen molar-refractivity contribution in [2.24, 2.45) is 0 Å². The summed E-state index contributed by atoms with van der Waals surface area (Å²) >= 11 is 0. The van der Waals surface area contributed by atoms with Gasteiger partial charge in [0, 0.05) is 5.10 Å². The Balaban J connectivity index is 3.22. The predicted octanol–water partition coefficient (Wildman–Crippen LogP) is 1.88. The van der Waals surface area contributed by atoms with Crippen molar-refractivity contribution in [3.05, 3.63) is 12.7 Å². The largest absolute Gasteiger partial charge is 0.429 e. The van der Waals surface area contributed by atoms with Crippen molar-refractivity contribution >= 4 is 0 Å². The highest BCUT2D eigenvalue weighted by atomic mass is 19.4. The van der Waals surface area contributed by atoms with E-state index in [1.807, 2.05) is 0 Å². The molecule has 27 heavy (non-hydrogen) atoms. The van der Waals surface area contributed by atoms with Crippen LogP contribution in [0.2, 0.25) is 0 Å². The first-order valence-corrected chi connectivity index (χ1v) is 6.29. The standard InChI is InChI=1S/C10H8F12N3O2/c11-7(12,13)5(26,8(14,15)16)1-24-3-23-25(4-24)2-6(27,9(17,18)19)10(20,21)22/h3-4,26-27H,1-2H2/q+1. The van der Waals surface area contributed by atoms with Gasteiger partial charge in [-0.25, -0.2) is 4.57 Å². The summed E-state index contributed by atoms with van der Waals surface area (Å²) in [6.07, 6.45) is -25.2. The summed E-state index contributed by atoms with van der Waals surface area (Å²) in [7, 11) is 0. The van der Waals surface area contributed by atoms with Gasteiger partial charge in [0.2, 0.25) is 6.33 Å². The molecule has 1 heterocycles. The lowest BCUT2D eigenvalue weighted by Gasteiger charge is -2.31. The molecule has 1 aromatic rings. The zero-order valence-electron chi connectivity index (χ0n) is 12.3. The smallest absolute Gasteiger partial charge is 0.371 e. The maximum Gasteiger partial charge on any atom is 0.429 e. The van der Waals surface area contributed by atoms with Crippen molar-refractivity contribution in [2.75, 3.05) is 0 Å². The summed E-state index contributed by atoms with van der Waals surface area (Å²) in [5, 5.41) is 20.6. The second-order valence-electron chi connectivity index (χ2n) is 5.33. The SMILES string of the molecule is OC(Cn1c[n+](CC(O)(C(F)(F)F)C(F)(F)F)cn1)(C(F)(F)F)C(F)(F)F. The summed E-state index contributed by atoms with van der Waals surface area (Å²) in [6.45, 7) is -4.78. The van der Waals surface area contributed by atoms with E-state index in [-0.39, 0.29) is 21.9 Å². The van der Waals surface area contributed by atoms with Crippen LogP contribution in [-0.2, 0) is 13.1 Å². The summed E-state index contributed by atoms with van der Waals surface area (Å²) in [5.41, 5.74) is -10.7. The summed E-state index contributed by atoms with van der Waals surface area (Å²) in [4.78, 5) is 0. The molecule has 0 aliphatic carbocycles. The molecule has 1 aromatic heterocycles. The molecule has 1 rings (SSSR count). The van der Waals surface area contributed by atoms with Crippen LogP contribution in [0.15, 0.2) is 12.7 Å². The molecule has 17 heteroatoms. The third-order valence-electron chi connectivity index (χ3n) is 3.31. The molecule has 2 N–H and O–H groups in total. The van der Waals surface area contributed by atoms with Crippen molar-refractivity contribution in [3.63, 3.8) is 0 Å². The lowest BCUT2D eigenvalue weighted by Crippen LogP contribution is -2.64. The van der Waals surface area contributed by atoms with Gasteiger partial charge in [0.1, 0.15) is 6.54 Å². The second-order valence-corrected chi connectivity index (χ2v) is 5.33. The summed E-state index contributed by atoms with van der Waals surface area (Å²) in [5.74, 6) is 0. The minimum atomic E-state index is -6.29. The molecule has 0 fully saturated rings. The van der Waals surface area contributed by atoms with Crippen LogP contribution >= 0.6 is 0 Å². The van der Waals surface area contributed by atoms with E-state index in [1.165, 1.54) is 0 Å². The highest BCUT2D eigenvalue weighted by Crippen LogP contribution is 2.44. The average molecular weight is 430 g/mol. The van der Waals surface area contributed by atoms with Crippen molar-refractivity contribution < 1.29 is 67.5 Å². The van der Waals surface area contributed by atoms with Gasteiger partial charge in [-0.1, -0.05) is 0 Å². The van der Waals surface area contributed by atoms with Gasteiger partial charge in [0.25, 0.3) is 17.5 Å². The Bertz CT molecular complexity index is 574. The van der Waals surface area contributed by atoms with E-state index >= 15 is 0 Å². The normalized spacial score (nSPS) is 15.3. The Morgan fingerprint density at radius 3 is 1.41 bits per heavy atom. The third-order valence-corrected chi connectivity index (χ3v) is 3.31. The highest BCUT2D eigenvalue weighted by molar-refractivity contribution is 4.94. The Morgan fingerprint density at radius 1 is 0.704 bits per heavy atom. The molecule has 0 aliphatic rings. The quantitative estimate of drug-likeness (QED) is 0.567. The molecule has 5 nitrogen and oxygen atoms in total. The van der Waals surface area contributed by atoms with Crippen molar-refractivity contribution in [2.45, 2.75) is 49.0 Å². The summed E-state index contributed by atoms with van der Waals surface area (Å²) in [6, 6.07) is 0. The van der Waals surface area contributed by atoms with Gasteiger partial charge in [-0.05, 0) is 0 Å². The molecule has 0 saturated carbocycles. The van der Waals surface area contributed by atoms with Gasteiger partial charge >= 0.3 is 24.7 Å². The fourth-order valence-corrected chi connectivity index (χ4v) is 1.71. The number of aromatic nitrogens is 3. The summed E-state index contributed by atoms with van der Waals surface area (Å²) < 4.78 is 150. The molecular weight excluding hydrogens is 422 g/mol. The molecule has 0 atom stereocenters. The van der Waals surface area contributed by atoms with Crippen LogP contribution in [0.5, 0.6) is 0 Å². The van der Waals surface area contributed by atoms with Crippen molar-refractivity contribution in [1.82, 2.24) is 9.78 Å². The van der Waals surface area contributed by atoms with E-state index < -0.39 is 49.0 Å². The maximum atomic E-state index is 12.5. The van der Waals surface area contributed by atoms with E-state index in [4.69, 9.17) is 10.2 Å². The third kappa shape index (κ3) is 4.22. The van der Waals surface area contributed by atoms with Gasteiger partial charge < -0.3 is 10.2 Å². The van der Waals surface area contributed by atoms with E-state index in [0.29, 0.717) is 0 Å². The molecule has 158 valence electrons. The van der Waals surface area contributed by atoms with Crippen LogP contribution in [0.3, 0.4) is 0 Å². The number of rotatable bonds is 4. The van der Waals surface area contributed by atoms with Gasteiger partial charge in [0.15, 0.2) is 6.54 Å². The van der Waals surface area contributed by atoms with Gasteiger partial charge in [-0.2, -0.15) is 52.7 Å². The van der Waals surface area contributed by atoms with Crippen LogP contribution in [0.25, 0.3) is 0 Å². The zero-order valence-corrected chi connectivity index (χ0v) is 12.3. The van der Waals surface area contributed by atoms with Gasteiger partial charge in [-0.3, -0.25) is 0 Å². The van der Waals surface area contributed by atoms with Gasteiger partial charge in [-0.15, -0.1) is 4.68 Å². The Labute approximate surface area is 140 Å². The highest BCUT2D eigenvalue weighted by Gasteiger charge is 2.73. The average Bonchev–Trinajstić information content (AvgIpc) is 2.80. The predicted molar refractivity (Wildman–Crippen MR) is 56.5 cm³/mol. The Morgan fingerprint density at radius 2 is 1.07 bits per heavy atom. The van der Waals surface area contributed by atoms with E-state index in [2.05, 4.69) is 5.10 Å². The number of nitrogens with zero attached hydrogens (tertiary/aromatic N) is 3. The van der Waals surface area contributed by atoms with E-state index in [1.54, 1.807) is 0 Å². The minimum absolute atomic E-state index is 0.00954. The molecule has 0 bridgehead atoms. The first kappa shape index (κ1) is 23.3. The molecule has 0 amide bonds. The number of alkyl halides is 12. The Hall–Kier alpha value is -1.78. The number of halogens is 12. The number of hydrogen-bond acceptors (Lipinski definition) is 3. The van der Waals surface area contributed by atoms with Crippen LogP contribution in [-0.4, -0.2) is 55.9 Å². The molecule has 0 saturated heterocycles. The van der Waals surface area contributed by atoms with Crippen molar-refractivity contribution in [3.8, 4) is 0 Å². The van der Waals surface area contributed by atoms with Gasteiger partial charge in [0.05, 0.1) is 0 Å². The fraction of sp³-hybridized carbons (Fsp3) is 0.800. The molecule has 0 aliphatic heterocycles. The first-order chi connectivity index (χ1) is 11.7. The van der Waals surface area contributed by atoms with Crippen LogP contribution in [0.4, 0.5) is 52.7 Å². The first-order valence-electron chi connectivity index (χ1n) is 6.29. The molecular formula is C10H8F12N3O2+. The second kappa shape index (κ2) is 6.39. The van der Waals surface area contributed by atoms with Crippen molar-refractivity contribution in [1.29, 1.82) is 0 Å². The topological polar surface area (TPSA) is 62.2 Å². The van der Waals surface area contributed by atoms with E-state index in [9.17, 15) is 52.7 Å².